The molecule has 4 heteroatoms. The van der Waals surface area contributed by atoms with Crippen LogP contribution in [0.2, 0.25) is 5.02 Å². The third kappa shape index (κ3) is 2.45. The lowest BCUT2D eigenvalue weighted by atomic mass is 10.1. The van der Waals surface area contributed by atoms with Crippen LogP contribution in [0, 0.1) is 0 Å². The van der Waals surface area contributed by atoms with Crippen molar-refractivity contribution in [3.63, 3.8) is 0 Å². The molecule has 0 unspecified atom stereocenters. The molecule has 76 valence electrons. The Kier molecular flexibility index (Phi) is 3.89. The zero-order valence-corrected chi connectivity index (χ0v) is 8.47. The second-order valence-electron chi connectivity index (χ2n) is 2.67. The Morgan fingerprint density at radius 1 is 1.57 bits per heavy atom. The molecule has 2 nitrogen and oxygen atoms in total. The molecule has 0 spiro atoms. The Balaban J connectivity index is 3.01. The van der Waals surface area contributed by atoms with E-state index in [4.69, 9.17) is 11.6 Å². The molecule has 0 aliphatic carbocycles. The Morgan fingerprint density at radius 3 is 2.86 bits per heavy atom. The van der Waals surface area contributed by atoms with Gasteiger partial charge in [-0.25, -0.2) is 4.39 Å². The van der Waals surface area contributed by atoms with Crippen molar-refractivity contribution in [3.05, 3.63) is 28.8 Å². The van der Waals surface area contributed by atoms with Crippen molar-refractivity contribution in [2.24, 2.45) is 0 Å². The van der Waals surface area contributed by atoms with Crippen molar-refractivity contribution in [1.29, 1.82) is 0 Å². The van der Waals surface area contributed by atoms with Crippen LogP contribution in [0.1, 0.15) is 23.7 Å². The molecule has 1 aromatic carbocycles. The van der Waals surface area contributed by atoms with Crippen molar-refractivity contribution in [1.82, 2.24) is 0 Å². The molecule has 0 atom stereocenters. The van der Waals surface area contributed by atoms with Gasteiger partial charge in [0.05, 0.1) is 5.02 Å². The number of carbonyl (C=O) groups excluding carboxylic acids is 1. The van der Waals surface area contributed by atoms with E-state index in [0.717, 1.165) is 0 Å². The summed E-state index contributed by atoms with van der Waals surface area (Å²) >= 11 is 5.80. The molecular weight excluding hydrogens is 207 g/mol. The first kappa shape index (κ1) is 11.0. The van der Waals surface area contributed by atoms with Gasteiger partial charge in [-0.2, -0.15) is 0 Å². The van der Waals surface area contributed by atoms with Gasteiger partial charge in [-0.3, -0.25) is 4.79 Å². The van der Waals surface area contributed by atoms with E-state index < -0.39 is 6.86 Å². The Morgan fingerprint density at radius 2 is 2.29 bits per heavy atom. The van der Waals surface area contributed by atoms with Crippen molar-refractivity contribution in [3.8, 4) is 5.75 Å². The van der Waals surface area contributed by atoms with Gasteiger partial charge in [-0.15, -0.1) is 0 Å². The maximum Gasteiger partial charge on any atom is 0.228 e. The number of halogens is 2. The highest BCUT2D eigenvalue weighted by Crippen LogP contribution is 2.23. The lowest BCUT2D eigenvalue weighted by Gasteiger charge is -2.05. The Labute approximate surface area is 86.6 Å². The topological polar surface area (TPSA) is 26.3 Å². The van der Waals surface area contributed by atoms with Gasteiger partial charge < -0.3 is 4.74 Å². The minimum absolute atomic E-state index is 0.0840. The Hall–Kier alpha value is -1.09. The third-order valence-corrected chi connectivity index (χ3v) is 2.11. The largest absolute Gasteiger partial charge is 0.463 e. The predicted octanol–water partition coefficient (Wildman–Crippen LogP) is 3.24. The van der Waals surface area contributed by atoms with Gasteiger partial charge in [0.1, 0.15) is 5.75 Å². The molecule has 0 N–H and O–H groups in total. The van der Waals surface area contributed by atoms with Crippen molar-refractivity contribution >= 4 is 17.4 Å². The molecule has 0 saturated carbocycles. The van der Waals surface area contributed by atoms with Crippen molar-refractivity contribution < 1.29 is 13.9 Å². The summed E-state index contributed by atoms with van der Waals surface area (Å²) in [4.78, 5) is 11.4. The normalized spacial score (nSPS) is 9.93. The quantitative estimate of drug-likeness (QED) is 0.723. The molecule has 0 fully saturated rings. The summed E-state index contributed by atoms with van der Waals surface area (Å²) < 4.78 is 16.5. The average molecular weight is 217 g/mol. The van der Waals surface area contributed by atoms with Gasteiger partial charge in [0.25, 0.3) is 0 Å². The van der Waals surface area contributed by atoms with Crippen molar-refractivity contribution in [2.75, 3.05) is 6.86 Å². The molecule has 0 aliphatic heterocycles. The fraction of sp³-hybridized carbons (Fsp3) is 0.300. The molecule has 0 aromatic heterocycles. The van der Waals surface area contributed by atoms with Gasteiger partial charge in [-0.05, 0) is 18.2 Å². The summed E-state index contributed by atoms with van der Waals surface area (Å²) in [5, 5.41) is 0.364. The van der Waals surface area contributed by atoms with Crippen LogP contribution in [0.25, 0.3) is 0 Å². The fourth-order valence-corrected chi connectivity index (χ4v) is 1.28. The molecule has 0 aliphatic rings. The first-order chi connectivity index (χ1) is 6.69. The monoisotopic (exact) mass is 216 g/mol. The number of alkyl halides is 1. The summed E-state index contributed by atoms with van der Waals surface area (Å²) in [6, 6.07) is 4.50. The number of hydrogen-bond donors (Lipinski definition) is 0. The molecule has 0 amide bonds. The van der Waals surface area contributed by atoms with Crippen LogP contribution >= 0.6 is 11.6 Å². The van der Waals surface area contributed by atoms with Gasteiger partial charge in [-0.1, -0.05) is 18.5 Å². The first-order valence-electron chi connectivity index (χ1n) is 4.20. The van der Waals surface area contributed by atoms with Gasteiger partial charge in [0, 0.05) is 12.0 Å². The number of carbonyl (C=O) groups is 1. The van der Waals surface area contributed by atoms with Crippen molar-refractivity contribution in [2.45, 2.75) is 13.3 Å². The highest BCUT2D eigenvalue weighted by molar-refractivity contribution is 6.34. The van der Waals surface area contributed by atoms with E-state index in [1.54, 1.807) is 6.92 Å². The highest BCUT2D eigenvalue weighted by atomic mass is 35.5. The zero-order chi connectivity index (χ0) is 10.6. The van der Waals surface area contributed by atoms with E-state index in [-0.39, 0.29) is 5.78 Å². The molecule has 0 radical (unpaired) electrons. The van der Waals surface area contributed by atoms with E-state index in [1.165, 1.54) is 18.2 Å². The molecular formula is C10H10ClFO2. The van der Waals surface area contributed by atoms with Crippen LogP contribution in [0.5, 0.6) is 5.75 Å². The fourth-order valence-electron chi connectivity index (χ4n) is 1.06. The van der Waals surface area contributed by atoms with Gasteiger partial charge in [0.15, 0.2) is 5.78 Å². The van der Waals surface area contributed by atoms with Crippen LogP contribution in [-0.4, -0.2) is 12.6 Å². The smallest absolute Gasteiger partial charge is 0.228 e. The highest BCUT2D eigenvalue weighted by Gasteiger charge is 2.09. The number of ketones is 1. The van der Waals surface area contributed by atoms with Crippen LogP contribution in [0.3, 0.4) is 0 Å². The third-order valence-electron chi connectivity index (χ3n) is 1.78. The summed E-state index contributed by atoms with van der Waals surface area (Å²) in [5.41, 5.74) is 0.375. The minimum Gasteiger partial charge on any atom is -0.463 e. The number of rotatable bonds is 4. The summed E-state index contributed by atoms with van der Waals surface area (Å²) in [6.07, 6.45) is 0.360. The molecule has 1 rings (SSSR count). The minimum atomic E-state index is -0.915. The van der Waals surface area contributed by atoms with Crippen LogP contribution in [-0.2, 0) is 0 Å². The van der Waals surface area contributed by atoms with Gasteiger partial charge >= 0.3 is 0 Å². The maximum absolute atomic E-state index is 11.9. The predicted molar refractivity (Wildman–Crippen MR) is 52.7 cm³/mol. The first-order valence-corrected chi connectivity index (χ1v) is 4.58. The number of Topliss-reactive ketones (excluding diaryl/α,β-unsaturated/α-hetero) is 1. The number of benzene rings is 1. The Bertz CT molecular complexity index is 339. The SMILES string of the molecule is CCC(=O)c1cc(OCF)ccc1Cl. The summed E-state index contributed by atoms with van der Waals surface area (Å²) in [7, 11) is 0. The second-order valence-corrected chi connectivity index (χ2v) is 3.08. The number of ether oxygens (including phenoxy) is 1. The average Bonchev–Trinajstić information content (AvgIpc) is 2.20. The standard InChI is InChI=1S/C10H10ClFO2/c1-2-10(13)8-5-7(14-6-12)3-4-9(8)11/h3-5H,2,6H2,1H3. The van der Waals surface area contributed by atoms with E-state index in [0.29, 0.717) is 22.8 Å². The molecule has 14 heavy (non-hydrogen) atoms. The van der Waals surface area contributed by atoms with E-state index in [2.05, 4.69) is 4.74 Å². The number of hydrogen-bond acceptors (Lipinski definition) is 2. The zero-order valence-electron chi connectivity index (χ0n) is 7.72. The second kappa shape index (κ2) is 4.96. The van der Waals surface area contributed by atoms with Gasteiger partial charge in [0.2, 0.25) is 6.86 Å². The van der Waals surface area contributed by atoms with Crippen LogP contribution in [0.15, 0.2) is 18.2 Å². The van der Waals surface area contributed by atoms with Crippen LogP contribution < -0.4 is 4.74 Å². The molecule has 0 heterocycles. The maximum atomic E-state index is 11.9. The van der Waals surface area contributed by atoms with E-state index in [1.807, 2.05) is 0 Å². The van der Waals surface area contributed by atoms with Crippen LogP contribution in [0.4, 0.5) is 4.39 Å². The molecule has 1 aromatic rings. The lowest BCUT2D eigenvalue weighted by Crippen LogP contribution is -1.99. The van der Waals surface area contributed by atoms with E-state index in [9.17, 15) is 9.18 Å². The lowest BCUT2D eigenvalue weighted by molar-refractivity contribution is 0.0987. The summed E-state index contributed by atoms with van der Waals surface area (Å²) in [6.45, 7) is 0.822. The summed E-state index contributed by atoms with van der Waals surface area (Å²) in [5.74, 6) is 0.230. The molecule has 0 saturated heterocycles. The molecule has 0 bridgehead atoms. The van der Waals surface area contributed by atoms with E-state index >= 15 is 0 Å².